The molecule has 1 unspecified atom stereocenters. The third-order valence-electron chi connectivity index (χ3n) is 2.30. The number of aromatic nitrogens is 1. The van der Waals surface area contributed by atoms with Gasteiger partial charge in [0.15, 0.2) is 5.78 Å². The molecule has 1 aromatic rings. The number of Topliss-reactive ketones (excluding diaryl/α,β-unsaturated/α-hetero) is 1. The van der Waals surface area contributed by atoms with E-state index in [9.17, 15) is 9.59 Å². The van der Waals surface area contributed by atoms with Gasteiger partial charge in [-0.15, -0.1) is 0 Å². The van der Waals surface area contributed by atoms with Crippen LogP contribution in [-0.2, 0) is 11.8 Å². The summed E-state index contributed by atoms with van der Waals surface area (Å²) in [6.07, 6.45) is 3.57. The first kappa shape index (κ1) is 12.4. The van der Waals surface area contributed by atoms with Crippen LogP contribution in [0.15, 0.2) is 18.5 Å². The third-order valence-corrected chi connectivity index (χ3v) is 2.30. The van der Waals surface area contributed by atoms with Gasteiger partial charge in [-0.3, -0.25) is 9.59 Å². The predicted octanol–water partition coefficient (Wildman–Crippen LogP) is 0.661. The van der Waals surface area contributed by atoms with E-state index < -0.39 is 5.97 Å². The minimum Gasteiger partial charge on any atom is -0.481 e. The average Bonchev–Trinajstić information content (AvgIpc) is 2.63. The second-order valence-electron chi connectivity index (χ2n) is 3.75. The molecule has 5 heteroatoms. The topological polar surface area (TPSA) is 71.3 Å². The Morgan fingerprint density at radius 1 is 1.56 bits per heavy atom. The van der Waals surface area contributed by atoms with Crippen molar-refractivity contribution in [2.45, 2.75) is 19.4 Å². The molecule has 0 aromatic carbocycles. The van der Waals surface area contributed by atoms with Gasteiger partial charge in [0.2, 0.25) is 0 Å². The lowest BCUT2D eigenvalue weighted by atomic mass is 10.1. The van der Waals surface area contributed by atoms with E-state index in [-0.39, 0.29) is 18.2 Å². The minimum atomic E-state index is -0.869. The highest BCUT2D eigenvalue weighted by molar-refractivity contribution is 5.99. The van der Waals surface area contributed by atoms with Gasteiger partial charge in [-0.2, -0.15) is 0 Å². The van der Waals surface area contributed by atoms with Crippen LogP contribution in [0.25, 0.3) is 0 Å². The fraction of sp³-hybridized carbons (Fsp3) is 0.455. The monoisotopic (exact) mass is 224 g/mol. The van der Waals surface area contributed by atoms with Gasteiger partial charge >= 0.3 is 5.97 Å². The van der Waals surface area contributed by atoms with Crippen molar-refractivity contribution < 1.29 is 14.7 Å². The zero-order chi connectivity index (χ0) is 12.1. The van der Waals surface area contributed by atoms with Crippen molar-refractivity contribution in [3.8, 4) is 0 Å². The number of rotatable bonds is 6. The number of nitrogens with one attached hydrogen (secondary N) is 1. The summed E-state index contributed by atoms with van der Waals surface area (Å²) in [5.74, 6) is -0.891. The van der Waals surface area contributed by atoms with E-state index in [1.54, 1.807) is 30.0 Å². The quantitative estimate of drug-likeness (QED) is 0.696. The zero-order valence-electron chi connectivity index (χ0n) is 9.43. The number of aryl methyl sites for hydroxylation is 1. The molecule has 0 amide bonds. The van der Waals surface area contributed by atoms with Gasteiger partial charge in [-0.25, -0.2) is 0 Å². The summed E-state index contributed by atoms with van der Waals surface area (Å²) in [6.45, 7) is 2.03. The summed E-state index contributed by atoms with van der Waals surface area (Å²) in [6, 6.07) is 1.39. The molecule has 1 heterocycles. The highest BCUT2D eigenvalue weighted by Gasteiger charge is 2.15. The Hall–Kier alpha value is -1.62. The zero-order valence-corrected chi connectivity index (χ0v) is 9.43. The van der Waals surface area contributed by atoms with Crippen LogP contribution in [0, 0.1) is 0 Å². The highest BCUT2D eigenvalue weighted by Crippen LogP contribution is 2.04. The van der Waals surface area contributed by atoms with Crippen LogP contribution in [0.2, 0.25) is 0 Å². The van der Waals surface area contributed by atoms with Crippen molar-refractivity contribution in [2.75, 3.05) is 6.54 Å². The Morgan fingerprint density at radius 2 is 2.25 bits per heavy atom. The van der Waals surface area contributed by atoms with E-state index in [2.05, 4.69) is 5.32 Å². The fourth-order valence-electron chi connectivity index (χ4n) is 1.39. The number of aliphatic carboxylic acids is 1. The van der Waals surface area contributed by atoms with Gasteiger partial charge < -0.3 is 15.0 Å². The van der Waals surface area contributed by atoms with Gasteiger partial charge in [-0.05, 0) is 13.0 Å². The molecule has 88 valence electrons. The van der Waals surface area contributed by atoms with E-state index in [1.165, 1.54) is 0 Å². The molecule has 16 heavy (non-hydrogen) atoms. The van der Waals surface area contributed by atoms with E-state index in [1.807, 2.05) is 7.05 Å². The Balaban J connectivity index is 2.45. The summed E-state index contributed by atoms with van der Waals surface area (Å²) in [5.41, 5.74) is 0.637. The second-order valence-corrected chi connectivity index (χ2v) is 3.75. The molecule has 0 spiro atoms. The van der Waals surface area contributed by atoms with Gasteiger partial charge in [0.1, 0.15) is 0 Å². The van der Waals surface area contributed by atoms with Crippen LogP contribution < -0.4 is 5.32 Å². The summed E-state index contributed by atoms with van der Waals surface area (Å²) < 4.78 is 1.80. The lowest BCUT2D eigenvalue weighted by Crippen LogP contribution is -2.35. The van der Waals surface area contributed by atoms with Crippen molar-refractivity contribution in [2.24, 2.45) is 7.05 Å². The molecule has 1 atom stereocenters. The van der Waals surface area contributed by atoms with E-state index in [0.29, 0.717) is 12.1 Å². The largest absolute Gasteiger partial charge is 0.481 e. The number of hydrogen-bond acceptors (Lipinski definition) is 3. The fourth-order valence-corrected chi connectivity index (χ4v) is 1.39. The maximum absolute atomic E-state index is 11.8. The Labute approximate surface area is 94.1 Å². The average molecular weight is 224 g/mol. The third kappa shape index (κ3) is 3.51. The first-order chi connectivity index (χ1) is 7.50. The Bertz CT molecular complexity index is 384. The van der Waals surface area contributed by atoms with Crippen LogP contribution in [0.4, 0.5) is 0 Å². The van der Waals surface area contributed by atoms with Crippen molar-refractivity contribution >= 4 is 11.8 Å². The molecule has 0 aliphatic carbocycles. The smallest absolute Gasteiger partial charge is 0.304 e. The van der Waals surface area contributed by atoms with Gasteiger partial charge in [-0.1, -0.05) is 0 Å². The second kappa shape index (κ2) is 5.46. The first-order valence-corrected chi connectivity index (χ1v) is 5.12. The summed E-state index contributed by atoms with van der Waals surface area (Å²) in [4.78, 5) is 22.1. The Morgan fingerprint density at radius 3 is 2.75 bits per heavy atom. The molecule has 1 rings (SSSR count). The van der Waals surface area contributed by atoms with Crippen LogP contribution in [0.5, 0.6) is 0 Å². The number of nitrogens with zero attached hydrogens (tertiary/aromatic N) is 1. The van der Waals surface area contributed by atoms with Gasteiger partial charge in [0, 0.05) is 31.5 Å². The molecule has 0 aliphatic rings. The normalized spacial score (nSPS) is 12.4. The molecule has 0 saturated carbocycles. The standard InChI is InChI=1S/C11H16N2O3/c1-8(12-5-3-10(14)15)11(16)9-4-6-13(2)7-9/h4,6-8,12H,3,5H2,1-2H3,(H,14,15). The molecule has 0 bridgehead atoms. The molecular weight excluding hydrogens is 208 g/mol. The summed E-state index contributed by atoms with van der Waals surface area (Å²) in [7, 11) is 1.85. The van der Waals surface area contributed by atoms with Crippen LogP contribution in [0.1, 0.15) is 23.7 Å². The van der Waals surface area contributed by atoms with Crippen LogP contribution in [-0.4, -0.2) is 34.0 Å². The van der Waals surface area contributed by atoms with E-state index in [0.717, 1.165) is 0 Å². The number of ketones is 1. The highest BCUT2D eigenvalue weighted by atomic mass is 16.4. The lowest BCUT2D eigenvalue weighted by Gasteiger charge is -2.10. The van der Waals surface area contributed by atoms with Crippen molar-refractivity contribution in [1.29, 1.82) is 0 Å². The summed E-state index contributed by atoms with van der Waals surface area (Å²) >= 11 is 0. The molecular formula is C11H16N2O3. The predicted molar refractivity (Wildman–Crippen MR) is 59.5 cm³/mol. The maximum atomic E-state index is 11.8. The molecule has 5 nitrogen and oxygen atoms in total. The SMILES string of the molecule is CC(NCCC(=O)O)C(=O)c1ccn(C)c1. The van der Waals surface area contributed by atoms with Crippen LogP contribution in [0.3, 0.4) is 0 Å². The van der Waals surface area contributed by atoms with E-state index in [4.69, 9.17) is 5.11 Å². The van der Waals surface area contributed by atoms with Crippen LogP contribution >= 0.6 is 0 Å². The first-order valence-electron chi connectivity index (χ1n) is 5.12. The van der Waals surface area contributed by atoms with Crippen molar-refractivity contribution in [1.82, 2.24) is 9.88 Å². The van der Waals surface area contributed by atoms with Gasteiger partial charge in [0.05, 0.1) is 12.5 Å². The molecule has 1 aromatic heterocycles. The number of carbonyl (C=O) groups excluding carboxylic acids is 1. The van der Waals surface area contributed by atoms with Gasteiger partial charge in [0.25, 0.3) is 0 Å². The molecule has 0 radical (unpaired) electrons. The number of carboxylic acids is 1. The number of hydrogen-bond donors (Lipinski definition) is 2. The molecule has 0 saturated heterocycles. The summed E-state index contributed by atoms with van der Waals surface area (Å²) in [5, 5.41) is 11.3. The molecule has 0 fully saturated rings. The Kier molecular flexibility index (Phi) is 4.25. The molecule has 2 N–H and O–H groups in total. The number of carbonyl (C=O) groups is 2. The van der Waals surface area contributed by atoms with Crippen molar-refractivity contribution in [3.05, 3.63) is 24.0 Å². The minimum absolute atomic E-state index is 0.0202. The van der Waals surface area contributed by atoms with E-state index >= 15 is 0 Å². The maximum Gasteiger partial charge on any atom is 0.304 e. The molecule has 0 aliphatic heterocycles. The van der Waals surface area contributed by atoms with Crippen molar-refractivity contribution in [3.63, 3.8) is 0 Å². The lowest BCUT2D eigenvalue weighted by molar-refractivity contribution is -0.136. The number of carboxylic acid groups (broad SMARTS) is 1.